The molecule has 0 saturated carbocycles. The van der Waals surface area contributed by atoms with E-state index < -0.39 is 7.26 Å². The van der Waals surface area contributed by atoms with Crippen LogP contribution >= 0.6 is 7.26 Å². The zero-order valence-electron chi connectivity index (χ0n) is 7.13. The number of halogens is 1. The molecule has 0 unspecified atom stereocenters. The molecule has 0 fully saturated rings. The highest BCUT2D eigenvalue weighted by Crippen LogP contribution is 2.45. The molecule has 1 rings (SSSR count). The van der Waals surface area contributed by atoms with Crippen molar-refractivity contribution in [2.45, 2.75) is 0 Å². The second-order valence-corrected chi connectivity index (χ2v) is 7.97. The second kappa shape index (κ2) is 2.91. The highest BCUT2D eigenvalue weighted by molar-refractivity contribution is 7.80. The van der Waals surface area contributed by atoms with Crippen LogP contribution in [-0.4, -0.2) is 20.0 Å². The van der Waals surface area contributed by atoms with Gasteiger partial charge in [0.1, 0.15) is 5.30 Å². The molecule has 0 aliphatic heterocycles. The van der Waals surface area contributed by atoms with Gasteiger partial charge in [0.05, 0.1) is 20.0 Å². The van der Waals surface area contributed by atoms with Crippen molar-refractivity contribution in [2.24, 2.45) is 0 Å². The predicted octanol–water partition coefficient (Wildman–Crippen LogP) is 2.36. The minimum absolute atomic E-state index is 0.0617. The molecule has 1 aromatic rings. The Kier molecular flexibility index (Phi) is 2.29. The number of rotatable bonds is 1. The van der Waals surface area contributed by atoms with Gasteiger partial charge in [-0.2, -0.15) is 0 Å². The maximum atomic E-state index is 13.1. The van der Waals surface area contributed by atoms with Crippen LogP contribution in [0.2, 0.25) is 0 Å². The number of hydrogen-bond acceptors (Lipinski definition) is 0. The lowest BCUT2D eigenvalue weighted by Gasteiger charge is -2.11. The molecule has 0 saturated heterocycles. The summed E-state index contributed by atoms with van der Waals surface area (Å²) in [5, 5.41) is 0.889. The number of benzene rings is 1. The maximum Gasteiger partial charge on any atom is 0.165 e. The molecule has 0 atom stereocenters. The zero-order valence-corrected chi connectivity index (χ0v) is 8.03. The van der Waals surface area contributed by atoms with Gasteiger partial charge in [-0.05, 0) is 12.1 Å². The van der Waals surface area contributed by atoms with E-state index >= 15 is 0 Å². The van der Waals surface area contributed by atoms with Crippen molar-refractivity contribution in [3.05, 3.63) is 30.1 Å². The van der Waals surface area contributed by atoms with E-state index in [0.717, 1.165) is 5.30 Å². The first-order valence-electron chi connectivity index (χ1n) is 3.58. The van der Waals surface area contributed by atoms with Crippen molar-refractivity contribution >= 4 is 12.6 Å². The fraction of sp³-hybridized carbons (Fsp3) is 0.333. The van der Waals surface area contributed by atoms with E-state index in [2.05, 4.69) is 20.0 Å². The fourth-order valence-electron chi connectivity index (χ4n) is 0.996. The van der Waals surface area contributed by atoms with Crippen LogP contribution in [0.1, 0.15) is 0 Å². The Morgan fingerprint density at radius 3 is 2.00 bits per heavy atom. The molecule has 60 valence electrons. The smallest absolute Gasteiger partial charge is 0.165 e. The molecule has 0 heterocycles. The van der Waals surface area contributed by atoms with Crippen molar-refractivity contribution in [3.63, 3.8) is 0 Å². The van der Waals surface area contributed by atoms with Crippen molar-refractivity contribution in [1.82, 2.24) is 0 Å². The molecule has 0 spiro atoms. The first-order valence-corrected chi connectivity index (χ1v) is 6.71. The minimum Gasteiger partial charge on any atom is -0.203 e. The van der Waals surface area contributed by atoms with Gasteiger partial charge in [0.15, 0.2) is 5.82 Å². The summed E-state index contributed by atoms with van der Waals surface area (Å²) in [5.74, 6) is -0.0617. The molecule has 2 heteroatoms. The van der Waals surface area contributed by atoms with E-state index in [1.807, 2.05) is 12.1 Å². The molecular formula is C9H13FP+. The first kappa shape index (κ1) is 8.67. The van der Waals surface area contributed by atoms with Gasteiger partial charge in [0.25, 0.3) is 0 Å². The highest BCUT2D eigenvalue weighted by atomic mass is 31.2. The Morgan fingerprint density at radius 2 is 1.64 bits per heavy atom. The largest absolute Gasteiger partial charge is 0.203 e. The lowest BCUT2D eigenvalue weighted by atomic mass is 10.3. The third kappa shape index (κ3) is 2.00. The van der Waals surface area contributed by atoms with E-state index in [4.69, 9.17) is 0 Å². The molecule has 0 radical (unpaired) electrons. The van der Waals surface area contributed by atoms with Gasteiger partial charge in [-0.15, -0.1) is 0 Å². The zero-order chi connectivity index (χ0) is 8.48. The van der Waals surface area contributed by atoms with Gasteiger partial charge < -0.3 is 0 Å². The highest BCUT2D eigenvalue weighted by Gasteiger charge is 2.24. The molecule has 0 aliphatic rings. The molecule has 0 nitrogen and oxygen atoms in total. The van der Waals surface area contributed by atoms with E-state index in [0.29, 0.717) is 0 Å². The topological polar surface area (TPSA) is 0 Å². The standard InChI is InChI=1S/C9H13FP/c1-11(2,3)9-7-5-4-6-8(9)10/h4-7H,1-3H3/q+1. The van der Waals surface area contributed by atoms with Crippen LogP contribution in [0.4, 0.5) is 4.39 Å². The summed E-state index contributed by atoms with van der Waals surface area (Å²) in [6.07, 6.45) is 0. The molecule has 0 amide bonds. The second-order valence-electron chi connectivity index (χ2n) is 3.46. The van der Waals surface area contributed by atoms with Gasteiger partial charge in [-0.1, -0.05) is 12.1 Å². The Balaban J connectivity index is 3.14. The Hall–Kier alpha value is -0.420. The van der Waals surface area contributed by atoms with Gasteiger partial charge in [0.2, 0.25) is 0 Å². The monoisotopic (exact) mass is 171 g/mol. The molecular weight excluding hydrogens is 158 g/mol. The summed E-state index contributed by atoms with van der Waals surface area (Å²) in [5.41, 5.74) is 0. The van der Waals surface area contributed by atoms with Crippen LogP contribution in [-0.2, 0) is 0 Å². The van der Waals surface area contributed by atoms with Gasteiger partial charge in [0, 0.05) is 7.26 Å². The van der Waals surface area contributed by atoms with Crippen molar-refractivity contribution in [2.75, 3.05) is 20.0 Å². The van der Waals surface area contributed by atoms with E-state index in [1.165, 1.54) is 6.07 Å². The van der Waals surface area contributed by atoms with Crippen LogP contribution in [0.5, 0.6) is 0 Å². The molecule has 1 aromatic carbocycles. The summed E-state index contributed by atoms with van der Waals surface area (Å²) in [7, 11) is -1.18. The van der Waals surface area contributed by atoms with Gasteiger partial charge in [-0.3, -0.25) is 0 Å². The van der Waals surface area contributed by atoms with E-state index in [9.17, 15) is 4.39 Å². The average Bonchev–Trinajstić information content (AvgIpc) is 1.86. The third-order valence-electron chi connectivity index (χ3n) is 1.58. The van der Waals surface area contributed by atoms with Crippen LogP contribution in [0, 0.1) is 5.82 Å². The van der Waals surface area contributed by atoms with Crippen molar-refractivity contribution < 1.29 is 4.39 Å². The maximum absolute atomic E-state index is 13.1. The summed E-state index contributed by atoms with van der Waals surface area (Å²) < 4.78 is 13.1. The molecule has 0 bridgehead atoms. The van der Waals surface area contributed by atoms with Crippen molar-refractivity contribution in [3.8, 4) is 0 Å². The Labute approximate surface area is 67.8 Å². The van der Waals surface area contributed by atoms with Gasteiger partial charge >= 0.3 is 0 Å². The predicted molar refractivity (Wildman–Crippen MR) is 50.7 cm³/mol. The summed E-state index contributed by atoms with van der Waals surface area (Å²) in [6.45, 7) is 6.35. The quantitative estimate of drug-likeness (QED) is 0.569. The van der Waals surface area contributed by atoms with Crippen molar-refractivity contribution in [1.29, 1.82) is 0 Å². The van der Waals surface area contributed by atoms with Crippen LogP contribution < -0.4 is 5.30 Å². The van der Waals surface area contributed by atoms with E-state index in [1.54, 1.807) is 6.07 Å². The summed E-state index contributed by atoms with van der Waals surface area (Å²) >= 11 is 0. The molecule has 0 aliphatic carbocycles. The Morgan fingerprint density at radius 1 is 1.09 bits per heavy atom. The van der Waals surface area contributed by atoms with Crippen LogP contribution in [0.25, 0.3) is 0 Å². The SMILES string of the molecule is C[P+](C)(C)c1ccccc1F. The minimum atomic E-state index is -1.18. The molecule has 11 heavy (non-hydrogen) atoms. The normalized spacial score (nSPS) is 11.6. The number of hydrogen-bond donors (Lipinski definition) is 0. The third-order valence-corrected chi connectivity index (χ3v) is 3.38. The first-order chi connectivity index (χ1) is 5.02. The van der Waals surface area contributed by atoms with Crippen LogP contribution in [0.3, 0.4) is 0 Å². The van der Waals surface area contributed by atoms with E-state index in [-0.39, 0.29) is 5.82 Å². The average molecular weight is 171 g/mol. The van der Waals surface area contributed by atoms with Crippen LogP contribution in [0.15, 0.2) is 24.3 Å². The van der Waals surface area contributed by atoms with Gasteiger partial charge in [-0.25, -0.2) is 4.39 Å². The summed E-state index contributed by atoms with van der Waals surface area (Å²) in [6, 6.07) is 7.03. The lowest BCUT2D eigenvalue weighted by molar-refractivity contribution is 0.636. The Bertz CT molecular complexity index is 250. The fourth-order valence-corrected chi connectivity index (χ4v) is 2.24. The molecule has 0 N–H and O–H groups in total. The lowest BCUT2D eigenvalue weighted by Crippen LogP contribution is -2.11. The molecule has 0 aromatic heterocycles. The summed E-state index contributed by atoms with van der Waals surface area (Å²) in [4.78, 5) is 0.